The van der Waals surface area contributed by atoms with Gasteiger partial charge in [-0.05, 0) is 31.9 Å². The van der Waals surface area contributed by atoms with E-state index in [1.165, 1.54) is 20.4 Å². The molecule has 0 fully saturated rings. The highest BCUT2D eigenvalue weighted by Crippen LogP contribution is 2.15. The molecule has 0 aromatic carbocycles. The summed E-state index contributed by atoms with van der Waals surface area (Å²) >= 11 is 6.26. The second-order valence-corrected chi connectivity index (χ2v) is 3.88. The Balaban J connectivity index is 3.06. The van der Waals surface area contributed by atoms with Crippen LogP contribution in [0.2, 0.25) is 0 Å². The quantitative estimate of drug-likeness (QED) is 0.776. The Morgan fingerprint density at radius 2 is 2.21 bits per heavy atom. The van der Waals surface area contributed by atoms with E-state index >= 15 is 0 Å². The minimum atomic E-state index is -0.367. The van der Waals surface area contributed by atoms with E-state index in [1.807, 2.05) is 0 Å². The number of carbonyl (C=O) groups is 1. The van der Waals surface area contributed by atoms with Gasteiger partial charge in [-0.3, -0.25) is 9.63 Å². The zero-order valence-corrected chi connectivity index (χ0v) is 10.7. The van der Waals surface area contributed by atoms with Crippen molar-refractivity contribution in [3.63, 3.8) is 0 Å². The van der Waals surface area contributed by atoms with Crippen LogP contribution < -0.4 is 0 Å². The first-order chi connectivity index (χ1) is 6.56. The molecule has 0 saturated carbocycles. The van der Waals surface area contributed by atoms with E-state index in [0.717, 1.165) is 5.06 Å². The molecule has 76 valence electrons. The molecule has 0 bridgehead atoms. The molecule has 0 spiro atoms. The van der Waals surface area contributed by atoms with Crippen LogP contribution in [0.3, 0.4) is 0 Å². The zero-order chi connectivity index (χ0) is 10.7. The number of hydroxylamine groups is 2. The number of nitrogens with zero attached hydrogens (tertiary/aromatic N) is 3. The summed E-state index contributed by atoms with van der Waals surface area (Å²) in [7, 11) is 2.90. The summed E-state index contributed by atoms with van der Waals surface area (Å²) in [4.78, 5) is 24.2. The van der Waals surface area contributed by atoms with E-state index in [4.69, 9.17) is 4.84 Å². The predicted molar refractivity (Wildman–Crippen MR) is 56.5 cm³/mol. The smallest absolute Gasteiger partial charge is 0.274 e. The Morgan fingerprint density at radius 3 is 2.79 bits per heavy atom. The van der Waals surface area contributed by atoms with Crippen molar-refractivity contribution >= 4 is 37.8 Å². The Hall–Kier alpha value is -0.530. The maximum absolute atomic E-state index is 11.6. The highest BCUT2D eigenvalue weighted by molar-refractivity contribution is 9.10. The van der Waals surface area contributed by atoms with Crippen LogP contribution in [-0.4, -0.2) is 35.1 Å². The van der Waals surface area contributed by atoms with Crippen LogP contribution in [0.15, 0.2) is 15.4 Å². The summed E-state index contributed by atoms with van der Waals surface area (Å²) in [6, 6.07) is 0. The molecule has 0 aliphatic heterocycles. The number of aromatic nitrogens is 2. The van der Waals surface area contributed by atoms with Gasteiger partial charge in [0.1, 0.15) is 9.21 Å². The van der Waals surface area contributed by atoms with Gasteiger partial charge in [-0.2, -0.15) is 0 Å². The fraction of sp³-hybridized carbons (Fsp3) is 0.286. The maximum atomic E-state index is 11.6. The van der Waals surface area contributed by atoms with Gasteiger partial charge in [0, 0.05) is 7.05 Å². The Kier molecular flexibility index (Phi) is 3.97. The van der Waals surface area contributed by atoms with Crippen molar-refractivity contribution in [2.24, 2.45) is 0 Å². The van der Waals surface area contributed by atoms with Gasteiger partial charge in [0.2, 0.25) is 0 Å². The molecule has 5 nitrogen and oxygen atoms in total. The van der Waals surface area contributed by atoms with Gasteiger partial charge < -0.3 is 0 Å². The molecule has 1 amide bonds. The fourth-order valence-corrected chi connectivity index (χ4v) is 1.36. The number of hydrogen-bond donors (Lipinski definition) is 0. The van der Waals surface area contributed by atoms with Crippen LogP contribution in [0.1, 0.15) is 10.5 Å². The second kappa shape index (κ2) is 4.81. The third-order valence-electron chi connectivity index (χ3n) is 1.46. The molecule has 1 aromatic rings. The van der Waals surface area contributed by atoms with E-state index in [-0.39, 0.29) is 11.6 Å². The zero-order valence-electron chi connectivity index (χ0n) is 7.49. The predicted octanol–water partition coefficient (Wildman–Crippen LogP) is 1.64. The lowest BCUT2D eigenvalue weighted by atomic mass is 10.4. The highest BCUT2D eigenvalue weighted by atomic mass is 79.9. The van der Waals surface area contributed by atoms with E-state index in [2.05, 4.69) is 41.8 Å². The lowest BCUT2D eigenvalue weighted by Gasteiger charge is -2.13. The number of halogens is 2. The third-order valence-corrected chi connectivity index (χ3v) is 2.42. The van der Waals surface area contributed by atoms with E-state index < -0.39 is 0 Å². The molecule has 7 heteroatoms. The van der Waals surface area contributed by atoms with Gasteiger partial charge >= 0.3 is 0 Å². The lowest BCUT2D eigenvalue weighted by molar-refractivity contribution is -0.0761. The van der Waals surface area contributed by atoms with Crippen molar-refractivity contribution < 1.29 is 9.63 Å². The van der Waals surface area contributed by atoms with Gasteiger partial charge in [0.25, 0.3) is 5.91 Å². The van der Waals surface area contributed by atoms with Crippen LogP contribution in [0, 0.1) is 0 Å². The van der Waals surface area contributed by atoms with E-state index in [1.54, 1.807) is 0 Å². The van der Waals surface area contributed by atoms with Crippen molar-refractivity contribution in [1.29, 1.82) is 0 Å². The Bertz CT molecular complexity index is 359. The summed E-state index contributed by atoms with van der Waals surface area (Å²) in [6.07, 6.45) is 1.49. The summed E-state index contributed by atoms with van der Waals surface area (Å²) in [5, 5.41) is 1.07. The standard InChI is InChI=1S/C7H7Br2N3O2/c1-12(14-2)7(13)5-6(9)10-3-4(8)11-5/h3H,1-2H3. The van der Waals surface area contributed by atoms with E-state index in [9.17, 15) is 4.79 Å². The molecule has 1 rings (SSSR count). The lowest BCUT2D eigenvalue weighted by Crippen LogP contribution is -2.26. The van der Waals surface area contributed by atoms with Crippen LogP contribution in [-0.2, 0) is 4.84 Å². The van der Waals surface area contributed by atoms with Crippen LogP contribution in [0.4, 0.5) is 0 Å². The summed E-state index contributed by atoms with van der Waals surface area (Å²) in [6.45, 7) is 0. The van der Waals surface area contributed by atoms with Gasteiger partial charge in [0.15, 0.2) is 5.69 Å². The molecular formula is C7H7Br2N3O2. The molecule has 0 atom stereocenters. The number of rotatable bonds is 2. The summed E-state index contributed by atoms with van der Waals surface area (Å²) in [5.41, 5.74) is 0.198. The summed E-state index contributed by atoms with van der Waals surface area (Å²) < 4.78 is 0.878. The molecule has 0 saturated heterocycles. The van der Waals surface area contributed by atoms with Crippen molar-refractivity contribution in [1.82, 2.24) is 15.0 Å². The minimum Gasteiger partial charge on any atom is -0.274 e. The van der Waals surface area contributed by atoms with Crippen LogP contribution >= 0.6 is 31.9 Å². The van der Waals surface area contributed by atoms with Crippen molar-refractivity contribution in [2.75, 3.05) is 14.2 Å². The molecule has 0 aliphatic carbocycles. The first-order valence-corrected chi connectivity index (χ1v) is 5.15. The molecule has 0 N–H and O–H groups in total. The molecule has 0 unspecified atom stereocenters. The molecular weight excluding hydrogens is 318 g/mol. The van der Waals surface area contributed by atoms with Gasteiger partial charge in [0.05, 0.1) is 13.3 Å². The van der Waals surface area contributed by atoms with Crippen molar-refractivity contribution in [3.8, 4) is 0 Å². The molecule has 1 heterocycles. The van der Waals surface area contributed by atoms with Gasteiger partial charge in [-0.25, -0.2) is 15.0 Å². The second-order valence-electron chi connectivity index (χ2n) is 2.32. The van der Waals surface area contributed by atoms with Gasteiger partial charge in [-0.15, -0.1) is 0 Å². The minimum absolute atomic E-state index is 0.198. The normalized spacial score (nSPS) is 10.0. The number of hydrogen-bond acceptors (Lipinski definition) is 4. The Labute approximate surface area is 97.7 Å². The maximum Gasteiger partial charge on any atom is 0.298 e. The monoisotopic (exact) mass is 323 g/mol. The van der Waals surface area contributed by atoms with Crippen LogP contribution in [0.5, 0.6) is 0 Å². The summed E-state index contributed by atoms with van der Waals surface area (Å²) in [5.74, 6) is -0.367. The average molecular weight is 325 g/mol. The number of carbonyl (C=O) groups excluding carboxylic acids is 1. The number of amides is 1. The van der Waals surface area contributed by atoms with Gasteiger partial charge in [-0.1, -0.05) is 0 Å². The largest absolute Gasteiger partial charge is 0.298 e. The average Bonchev–Trinajstić information content (AvgIpc) is 2.19. The van der Waals surface area contributed by atoms with Crippen LogP contribution in [0.25, 0.3) is 0 Å². The highest BCUT2D eigenvalue weighted by Gasteiger charge is 2.17. The van der Waals surface area contributed by atoms with Crippen molar-refractivity contribution in [3.05, 3.63) is 21.1 Å². The topological polar surface area (TPSA) is 55.3 Å². The third kappa shape index (κ3) is 2.49. The molecule has 0 radical (unpaired) electrons. The van der Waals surface area contributed by atoms with Crippen molar-refractivity contribution in [2.45, 2.75) is 0 Å². The first-order valence-electron chi connectivity index (χ1n) is 3.56. The molecule has 1 aromatic heterocycles. The Morgan fingerprint density at radius 1 is 1.57 bits per heavy atom. The SMILES string of the molecule is CON(C)C(=O)c1nc(Br)cnc1Br. The molecule has 14 heavy (non-hydrogen) atoms. The first kappa shape index (κ1) is 11.5. The fourth-order valence-electron chi connectivity index (χ4n) is 0.721. The molecule has 0 aliphatic rings. The van der Waals surface area contributed by atoms with E-state index in [0.29, 0.717) is 9.21 Å².